The van der Waals surface area contributed by atoms with E-state index in [4.69, 9.17) is 44.3 Å². The lowest BCUT2D eigenvalue weighted by molar-refractivity contribution is -0.123. The minimum absolute atomic E-state index is 0.0141. The van der Waals surface area contributed by atoms with Crippen LogP contribution in [-0.4, -0.2) is 29.3 Å². The first-order valence-corrected chi connectivity index (χ1v) is 11.2. The van der Waals surface area contributed by atoms with Crippen LogP contribution < -0.4 is 9.47 Å². The van der Waals surface area contributed by atoms with Crippen LogP contribution >= 0.6 is 46.6 Å². The average Bonchev–Trinajstić information content (AvgIpc) is 2.97. The predicted octanol–water partition coefficient (Wildman–Crippen LogP) is 6.85. The molecule has 0 atom stereocenters. The van der Waals surface area contributed by atoms with Gasteiger partial charge in [-0.15, -0.1) is 0 Å². The van der Waals surface area contributed by atoms with Crippen molar-refractivity contribution < 1.29 is 19.1 Å². The molecule has 3 rings (SSSR count). The number of benzene rings is 2. The van der Waals surface area contributed by atoms with Crippen LogP contribution in [0.25, 0.3) is 6.08 Å². The summed E-state index contributed by atoms with van der Waals surface area (Å²) in [4.78, 5) is 26.7. The Hall–Kier alpha value is -2.12. The zero-order valence-electron chi connectivity index (χ0n) is 16.5. The maximum Gasteiger partial charge on any atom is 0.293 e. The number of nitrogens with zero attached hydrogens (tertiary/aromatic N) is 1. The molecule has 2 aromatic rings. The minimum atomic E-state index is -0.438. The lowest BCUT2D eigenvalue weighted by Gasteiger charge is -2.15. The van der Waals surface area contributed by atoms with Crippen LogP contribution in [0, 0.1) is 0 Å². The number of imide groups is 1. The molecule has 5 nitrogen and oxygen atoms in total. The van der Waals surface area contributed by atoms with Gasteiger partial charge in [-0.2, -0.15) is 0 Å². The van der Waals surface area contributed by atoms with Gasteiger partial charge in [-0.05, 0) is 54.6 Å². The molecule has 0 N–H and O–H groups in total. The molecule has 0 bridgehead atoms. The van der Waals surface area contributed by atoms with E-state index in [1.807, 2.05) is 6.92 Å². The van der Waals surface area contributed by atoms with Crippen LogP contribution in [0.2, 0.25) is 15.1 Å². The molecule has 1 heterocycles. The fourth-order valence-electron chi connectivity index (χ4n) is 2.85. The number of halogens is 3. The zero-order valence-corrected chi connectivity index (χ0v) is 19.6. The van der Waals surface area contributed by atoms with Crippen LogP contribution in [0.15, 0.2) is 47.9 Å². The number of thioether (sulfide) groups is 1. The SMILES string of the molecule is C=CCOc1c(Cl)cc(/C=C2\SC(=O)N(Cc3c(Cl)cccc3Cl)C2=O)cc1OCC. The molecule has 1 saturated heterocycles. The van der Waals surface area contributed by atoms with Crippen molar-refractivity contribution in [3.63, 3.8) is 0 Å². The van der Waals surface area contributed by atoms with E-state index in [1.165, 1.54) is 0 Å². The van der Waals surface area contributed by atoms with Crippen molar-refractivity contribution in [1.29, 1.82) is 0 Å². The van der Waals surface area contributed by atoms with Crippen molar-refractivity contribution in [3.8, 4) is 11.5 Å². The Morgan fingerprint density at radius 1 is 1.10 bits per heavy atom. The van der Waals surface area contributed by atoms with E-state index in [-0.39, 0.29) is 18.1 Å². The van der Waals surface area contributed by atoms with Crippen molar-refractivity contribution in [2.75, 3.05) is 13.2 Å². The molecule has 0 saturated carbocycles. The summed E-state index contributed by atoms with van der Waals surface area (Å²) in [5, 5.41) is 0.688. The van der Waals surface area contributed by atoms with Gasteiger partial charge in [0.25, 0.3) is 11.1 Å². The normalized spacial score (nSPS) is 15.0. The topological polar surface area (TPSA) is 55.8 Å². The first-order chi connectivity index (χ1) is 14.8. The van der Waals surface area contributed by atoms with Crippen molar-refractivity contribution in [3.05, 3.63) is 74.1 Å². The van der Waals surface area contributed by atoms with Crippen LogP contribution in [-0.2, 0) is 11.3 Å². The highest BCUT2D eigenvalue weighted by atomic mass is 35.5. The minimum Gasteiger partial charge on any atom is -0.490 e. The lowest BCUT2D eigenvalue weighted by atomic mass is 10.1. The van der Waals surface area contributed by atoms with Crippen molar-refractivity contribution in [1.82, 2.24) is 4.90 Å². The van der Waals surface area contributed by atoms with Crippen molar-refractivity contribution in [2.24, 2.45) is 0 Å². The summed E-state index contributed by atoms with van der Waals surface area (Å²) in [5.74, 6) is 0.388. The molecule has 0 spiro atoms. The molecule has 1 aliphatic rings. The third-order valence-electron chi connectivity index (χ3n) is 4.23. The van der Waals surface area contributed by atoms with Gasteiger partial charge in [-0.1, -0.05) is 53.5 Å². The fourth-order valence-corrected chi connectivity index (χ4v) is 4.47. The molecule has 0 unspecified atom stereocenters. The summed E-state index contributed by atoms with van der Waals surface area (Å²) < 4.78 is 11.2. The van der Waals surface area contributed by atoms with Crippen LogP contribution in [0.3, 0.4) is 0 Å². The second kappa shape index (κ2) is 10.5. The Labute approximate surface area is 199 Å². The summed E-state index contributed by atoms with van der Waals surface area (Å²) >= 11 is 19.6. The third-order valence-corrected chi connectivity index (χ3v) is 6.12. The van der Waals surface area contributed by atoms with Crippen LogP contribution in [0.5, 0.6) is 11.5 Å². The third kappa shape index (κ3) is 5.39. The lowest BCUT2D eigenvalue weighted by Crippen LogP contribution is -2.27. The van der Waals surface area contributed by atoms with Crippen molar-refractivity contribution >= 4 is 63.8 Å². The molecule has 0 aliphatic carbocycles. The maximum atomic E-state index is 12.9. The molecule has 162 valence electrons. The summed E-state index contributed by atoms with van der Waals surface area (Å²) in [6, 6.07) is 8.36. The van der Waals surface area contributed by atoms with Gasteiger partial charge in [-0.25, -0.2) is 0 Å². The van der Waals surface area contributed by atoms with Gasteiger partial charge >= 0.3 is 0 Å². The Balaban J connectivity index is 1.89. The highest BCUT2D eigenvalue weighted by Crippen LogP contribution is 2.40. The summed E-state index contributed by atoms with van der Waals surface area (Å²) in [6.07, 6.45) is 3.19. The first kappa shape index (κ1) is 23.5. The van der Waals surface area contributed by atoms with Gasteiger partial charge in [0, 0.05) is 15.6 Å². The Kier molecular flexibility index (Phi) is 7.94. The Morgan fingerprint density at radius 3 is 2.45 bits per heavy atom. The number of rotatable bonds is 8. The number of hydrogen-bond acceptors (Lipinski definition) is 5. The second-order valence-corrected chi connectivity index (χ2v) is 8.55. The summed E-state index contributed by atoms with van der Waals surface area (Å²) in [7, 11) is 0. The molecule has 1 aliphatic heterocycles. The molecular weight excluding hydrogens is 481 g/mol. The quantitative estimate of drug-likeness (QED) is 0.294. The van der Waals surface area contributed by atoms with Gasteiger partial charge in [0.05, 0.1) is 23.1 Å². The van der Waals surface area contributed by atoms with Gasteiger partial charge in [0.1, 0.15) is 6.61 Å². The largest absolute Gasteiger partial charge is 0.490 e. The average molecular weight is 499 g/mol. The summed E-state index contributed by atoms with van der Waals surface area (Å²) in [6.45, 7) is 6.11. The first-order valence-electron chi connectivity index (χ1n) is 9.24. The Bertz CT molecular complexity index is 1050. The van der Waals surface area contributed by atoms with E-state index < -0.39 is 11.1 Å². The molecule has 2 amide bonds. The fraction of sp³-hybridized carbons (Fsp3) is 0.182. The number of carbonyl (C=O) groups is 2. The van der Waals surface area contributed by atoms with Crippen molar-refractivity contribution in [2.45, 2.75) is 13.5 Å². The van der Waals surface area contributed by atoms with Gasteiger partial charge < -0.3 is 9.47 Å². The molecule has 1 fully saturated rings. The predicted molar refractivity (Wildman–Crippen MR) is 126 cm³/mol. The van der Waals surface area contributed by atoms with E-state index in [2.05, 4.69) is 6.58 Å². The van der Waals surface area contributed by atoms with Gasteiger partial charge in [0.2, 0.25) is 0 Å². The standard InChI is InChI=1S/C22H18Cl3NO4S/c1-3-8-30-20-17(25)9-13(10-18(20)29-4-2)11-19-21(27)26(22(28)31-19)12-14-15(23)6-5-7-16(14)24/h3,5-7,9-11H,1,4,8,12H2,2H3/b19-11-. The van der Waals surface area contributed by atoms with Crippen LogP contribution in [0.1, 0.15) is 18.1 Å². The molecule has 9 heteroatoms. The second-order valence-electron chi connectivity index (χ2n) is 6.33. The van der Waals surface area contributed by atoms with E-state index in [9.17, 15) is 9.59 Å². The zero-order chi connectivity index (χ0) is 22.5. The van der Waals surface area contributed by atoms with E-state index in [0.717, 1.165) is 16.7 Å². The molecular formula is C22H18Cl3NO4S. The summed E-state index contributed by atoms with van der Waals surface area (Å²) in [5.41, 5.74) is 1.11. The van der Waals surface area contributed by atoms with E-state index in [0.29, 0.717) is 44.3 Å². The highest BCUT2D eigenvalue weighted by molar-refractivity contribution is 8.18. The monoisotopic (exact) mass is 497 g/mol. The van der Waals surface area contributed by atoms with E-state index in [1.54, 1.807) is 42.5 Å². The molecule has 0 radical (unpaired) electrons. The van der Waals surface area contributed by atoms with E-state index >= 15 is 0 Å². The molecule has 2 aromatic carbocycles. The number of hydrogen-bond donors (Lipinski definition) is 0. The smallest absolute Gasteiger partial charge is 0.293 e. The number of amides is 2. The maximum absolute atomic E-state index is 12.9. The van der Waals surface area contributed by atoms with Crippen LogP contribution in [0.4, 0.5) is 4.79 Å². The van der Waals surface area contributed by atoms with Gasteiger partial charge in [-0.3, -0.25) is 14.5 Å². The van der Waals surface area contributed by atoms with Gasteiger partial charge in [0.15, 0.2) is 11.5 Å². The molecule has 0 aromatic heterocycles. The molecule has 31 heavy (non-hydrogen) atoms. The Morgan fingerprint density at radius 2 is 1.81 bits per heavy atom. The highest BCUT2D eigenvalue weighted by Gasteiger charge is 2.35. The number of ether oxygens (including phenoxy) is 2. The number of carbonyl (C=O) groups excluding carboxylic acids is 2.